The summed E-state index contributed by atoms with van der Waals surface area (Å²) in [4.78, 5) is 79.8. The molecule has 0 saturated heterocycles. The second kappa shape index (κ2) is 23.4. The molecule has 0 aliphatic rings. The molecule has 8 atom stereocenters. The van der Waals surface area contributed by atoms with Gasteiger partial charge in [0.15, 0.2) is 0 Å². The molecule has 16 heteroatoms. The summed E-state index contributed by atoms with van der Waals surface area (Å²) in [6.45, 7) is 16.2. The number of pyridine rings is 1. The van der Waals surface area contributed by atoms with Crippen LogP contribution in [0.3, 0.4) is 0 Å². The molecule has 1 aromatic carbocycles. The number of amides is 5. The van der Waals surface area contributed by atoms with Crippen LogP contribution in [0.2, 0.25) is 0 Å². The van der Waals surface area contributed by atoms with Crippen LogP contribution >= 0.6 is 0 Å². The minimum absolute atomic E-state index is 0.0362. The maximum absolute atomic E-state index is 14.3. The van der Waals surface area contributed by atoms with Crippen molar-refractivity contribution >= 4 is 29.7 Å². The third kappa shape index (κ3) is 16.0. The van der Waals surface area contributed by atoms with Gasteiger partial charge in [-0.3, -0.25) is 24.2 Å². The second-order valence-corrected chi connectivity index (χ2v) is 17.1. The predicted molar refractivity (Wildman–Crippen MR) is 227 cm³/mol. The Hall–Kier alpha value is -5.35. The number of ether oxygens (including phenoxy) is 1. The molecule has 3 aromatic rings. The zero-order chi connectivity index (χ0) is 44.6. The number of carbonyl (C=O) groups excluding carboxylic acids is 5. The van der Waals surface area contributed by atoms with Gasteiger partial charge in [0.1, 0.15) is 29.8 Å². The number of hydrogen-bond donors (Lipinski definition) is 8. The van der Waals surface area contributed by atoms with Gasteiger partial charge in [-0.05, 0) is 62.6 Å². The first-order valence-electron chi connectivity index (χ1n) is 20.7. The first-order chi connectivity index (χ1) is 28.3. The Morgan fingerprint density at radius 1 is 0.783 bits per heavy atom. The number of benzene rings is 1. The van der Waals surface area contributed by atoms with Gasteiger partial charge in [-0.1, -0.05) is 84.4 Å². The summed E-state index contributed by atoms with van der Waals surface area (Å²) in [7, 11) is 0. The molecular formula is C44H66N8O8. The molecule has 2 unspecified atom stereocenters. The minimum Gasteiger partial charge on any atom is -0.444 e. The van der Waals surface area contributed by atoms with Crippen molar-refractivity contribution in [3.05, 3.63) is 84.2 Å². The van der Waals surface area contributed by atoms with Crippen LogP contribution in [0.15, 0.2) is 67.3 Å². The molecule has 330 valence electrons. The van der Waals surface area contributed by atoms with E-state index in [1.54, 1.807) is 65.1 Å². The normalized spacial score (nSPS) is 15.7. The number of rotatable bonds is 22. The van der Waals surface area contributed by atoms with Gasteiger partial charge in [0, 0.05) is 30.9 Å². The molecule has 0 saturated carbocycles. The lowest BCUT2D eigenvalue weighted by Crippen LogP contribution is -2.60. The molecule has 2 aromatic heterocycles. The fourth-order valence-corrected chi connectivity index (χ4v) is 6.73. The third-order valence-corrected chi connectivity index (χ3v) is 10.1. The van der Waals surface area contributed by atoms with E-state index in [1.165, 1.54) is 12.5 Å². The van der Waals surface area contributed by atoms with E-state index < -0.39 is 83.5 Å². The fraction of sp³-hybridized carbons (Fsp3) is 0.568. The average molecular weight is 835 g/mol. The van der Waals surface area contributed by atoms with Crippen LogP contribution in [0, 0.1) is 23.7 Å². The molecule has 5 amide bonds. The Bertz CT molecular complexity index is 1790. The molecule has 0 spiro atoms. The van der Waals surface area contributed by atoms with Crippen molar-refractivity contribution in [1.29, 1.82) is 0 Å². The van der Waals surface area contributed by atoms with Crippen molar-refractivity contribution in [2.75, 3.05) is 0 Å². The van der Waals surface area contributed by atoms with Crippen LogP contribution in [0.1, 0.15) is 92.1 Å². The summed E-state index contributed by atoms with van der Waals surface area (Å²) < 4.78 is 5.44. The number of aliphatic hydroxyl groups excluding tert-OH is 2. The number of alkyl carbamates (subject to hydrolysis) is 1. The van der Waals surface area contributed by atoms with Crippen LogP contribution in [0.5, 0.6) is 0 Å². The Balaban J connectivity index is 1.86. The minimum atomic E-state index is -1.67. The molecule has 16 nitrogen and oxygen atoms in total. The van der Waals surface area contributed by atoms with Gasteiger partial charge in [-0.2, -0.15) is 0 Å². The molecule has 3 rings (SSSR count). The van der Waals surface area contributed by atoms with Gasteiger partial charge in [0.05, 0.1) is 36.6 Å². The summed E-state index contributed by atoms with van der Waals surface area (Å²) in [5, 5.41) is 37.5. The van der Waals surface area contributed by atoms with Crippen LogP contribution in [0.25, 0.3) is 0 Å². The van der Waals surface area contributed by atoms with E-state index in [2.05, 4.69) is 41.5 Å². The number of nitrogens with zero attached hydrogens (tertiary/aromatic N) is 2. The van der Waals surface area contributed by atoms with E-state index >= 15 is 0 Å². The summed E-state index contributed by atoms with van der Waals surface area (Å²) in [6, 6.07) is 10.0. The van der Waals surface area contributed by atoms with Crippen molar-refractivity contribution in [2.45, 2.75) is 137 Å². The van der Waals surface area contributed by atoms with Crippen LogP contribution in [-0.2, 0) is 43.3 Å². The first-order valence-corrected chi connectivity index (χ1v) is 20.7. The van der Waals surface area contributed by atoms with Gasteiger partial charge < -0.3 is 46.5 Å². The largest absolute Gasteiger partial charge is 0.444 e. The topological polar surface area (TPSA) is 237 Å². The number of aromatic nitrogens is 3. The first kappa shape index (κ1) is 49.0. The zero-order valence-corrected chi connectivity index (χ0v) is 36.4. The Morgan fingerprint density at radius 3 is 2.00 bits per heavy atom. The number of imidazole rings is 1. The number of aliphatic hydroxyl groups is 2. The van der Waals surface area contributed by atoms with Crippen molar-refractivity contribution in [3.8, 4) is 0 Å². The molecular weight excluding hydrogens is 769 g/mol. The maximum atomic E-state index is 14.3. The van der Waals surface area contributed by atoms with E-state index in [-0.39, 0.29) is 37.6 Å². The number of H-pyrrole nitrogens is 1. The summed E-state index contributed by atoms with van der Waals surface area (Å²) in [6.07, 6.45) is 1.26. The van der Waals surface area contributed by atoms with E-state index in [4.69, 9.17) is 4.74 Å². The van der Waals surface area contributed by atoms with Crippen LogP contribution < -0.4 is 26.6 Å². The van der Waals surface area contributed by atoms with Gasteiger partial charge in [0.25, 0.3) is 0 Å². The van der Waals surface area contributed by atoms with E-state index in [0.717, 1.165) is 5.56 Å². The van der Waals surface area contributed by atoms with Gasteiger partial charge in [-0.15, -0.1) is 0 Å². The average Bonchev–Trinajstić information content (AvgIpc) is 3.70. The molecule has 0 aliphatic heterocycles. The number of carbonyl (C=O) groups is 5. The molecule has 2 heterocycles. The van der Waals surface area contributed by atoms with Gasteiger partial charge >= 0.3 is 6.09 Å². The highest BCUT2D eigenvalue weighted by Gasteiger charge is 2.41. The lowest BCUT2D eigenvalue weighted by Gasteiger charge is -2.36. The maximum Gasteiger partial charge on any atom is 0.408 e. The van der Waals surface area contributed by atoms with Gasteiger partial charge in [0.2, 0.25) is 23.6 Å². The highest BCUT2D eigenvalue weighted by atomic mass is 16.6. The molecule has 60 heavy (non-hydrogen) atoms. The third-order valence-electron chi connectivity index (χ3n) is 10.1. The molecule has 0 bridgehead atoms. The molecule has 8 N–H and O–H groups in total. The fourth-order valence-electron chi connectivity index (χ4n) is 6.73. The number of nitrogens with one attached hydrogen (secondary N) is 6. The van der Waals surface area contributed by atoms with Crippen molar-refractivity contribution in [2.24, 2.45) is 23.7 Å². The van der Waals surface area contributed by atoms with Crippen molar-refractivity contribution < 1.29 is 38.9 Å². The van der Waals surface area contributed by atoms with Crippen molar-refractivity contribution in [3.63, 3.8) is 0 Å². The van der Waals surface area contributed by atoms with Gasteiger partial charge in [-0.25, -0.2) is 9.78 Å². The summed E-state index contributed by atoms with van der Waals surface area (Å²) in [5.74, 6) is -4.42. The van der Waals surface area contributed by atoms with E-state index in [9.17, 15) is 34.2 Å². The Labute approximate surface area is 353 Å². The lowest BCUT2D eigenvalue weighted by molar-refractivity contribution is -0.141. The SMILES string of the molecule is CC[C@@H](C)[C@H](NC(=O)[C@H](C(C)C)C(O)C(O)[C@H](CC(C)C)NC(=O)[C@H](Cc1cnc[nH]1)NC(=O)[C@H](Cc1ccccc1)NC(=O)OC(C)(C)C)C(=O)NCc1ccccn1. The van der Waals surface area contributed by atoms with E-state index in [0.29, 0.717) is 17.8 Å². The zero-order valence-electron chi connectivity index (χ0n) is 36.4. The summed E-state index contributed by atoms with van der Waals surface area (Å²) in [5.41, 5.74) is 1.08. The van der Waals surface area contributed by atoms with Crippen LogP contribution in [-0.4, -0.2) is 96.9 Å². The monoisotopic (exact) mass is 835 g/mol. The Kier molecular flexibility index (Phi) is 19.2. The van der Waals surface area contributed by atoms with Crippen molar-refractivity contribution in [1.82, 2.24) is 41.5 Å². The highest BCUT2D eigenvalue weighted by Crippen LogP contribution is 2.24. The summed E-state index contributed by atoms with van der Waals surface area (Å²) >= 11 is 0. The molecule has 0 aliphatic carbocycles. The standard InChI is InChI=1S/C44H66N8O8/c1-10-28(6)36(42(58)47-24-30-18-14-15-19-46-30)52-41(57)35(27(4)5)38(54)37(53)32(20-26(2)3)49-40(56)34(22-31-23-45-25-48-31)50-39(55)33(21-29-16-12-11-13-17-29)51-43(59)60-44(7,8)9/h11-19,23,25-28,32-38,53-54H,10,20-22,24H2,1-9H3,(H,45,48)(H,47,58)(H,49,56)(H,50,55)(H,51,59)(H,52,57)/t28-,32+,33+,34+,35-,36+,37?,38?/m1/s1. The predicted octanol–water partition coefficient (Wildman–Crippen LogP) is 3.34. The second-order valence-electron chi connectivity index (χ2n) is 17.1. The molecule has 0 radical (unpaired) electrons. The smallest absolute Gasteiger partial charge is 0.408 e. The highest BCUT2D eigenvalue weighted by molar-refractivity contribution is 5.92. The Morgan fingerprint density at radius 2 is 1.43 bits per heavy atom. The quantitative estimate of drug-likeness (QED) is 0.0735. The van der Waals surface area contributed by atoms with Crippen LogP contribution in [0.4, 0.5) is 4.79 Å². The number of hydrogen-bond acceptors (Lipinski definition) is 10. The lowest BCUT2D eigenvalue weighted by atomic mass is 9.82. The number of aromatic amines is 1. The molecule has 0 fully saturated rings. The van der Waals surface area contributed by atoms with E-state index in [1.807, 2.05) is 52.0 Å².